The second-order valence-corrected chi connectivity index (χ2v) is 12.1. The average molecular weight is 572 g/mol. The quantitative estimate of drug-likeness (QED) is 0.337. The molecule has 8 nitrogen and oxygen atoms in total. The van der Waals surface area contributed by atoms with Crippen LogP contribution in [0.4, 0.5) is 11.4 Å². The van der Waals surface area contributed by atoms with Gasteiger partial charge in [-0.25, -0.2) is 4.90 Å². The predicted octanol–water partition coefficient (Wildman–Crippen LogP) is 4.67. The Labute approximate surface area is 238 Å². The van der Waals surface area contributed by atoms with Gasteiger partial charge in [0, 0.05) is 22.0 Å². The Kier molecular flexibility index (Phi) is 6.59. The van der Waals surface area contributed by atoms with Crippen LogP contribution >= 0.6 is 23.1 Å². The van der Waals surface area contributed by atoms with E-state index in [2.05, 4.69) is 5.32 Å². The number of anilines is 2. The highest BCUT2D eigenvalue weighted by Crippen LogP contribution is 2.55. The highest BCUT2D eigenvalue weighted by atomic mass is 32.2. The van der Waals surface area contributed by atoms with E-state index in [1.54, 1.807) is 42.5 Å². The summed E-state index contributed by atoms with van der Waals surface area (Å²) in [4.78, 5) is 55.3. The third-order valence-corrected chi connectivity index (χ3v) is 9.85. The highest BCUT2D eigenvalue weighted by molar-refractivity contribution is 8.00. The van der Waals surface area contributed by atoms with E-state index in [4.69, 9.17) is 0 Å². The van der Waals surface area contributed by atoms with Gasteiger partial charge in [-0.1, -0.05) is 76.7 Å². The average Bonchev–Trinajstić information content (AvgIpc) is 3.37. The second kappa shape index (κ2) is 10.1. The molecule has 0 radical (unpaired) electrons. The molecule has 0 aliphatic carbocycles. The molecule has 0 unspecified atom stereocenters. The monoisotopic (exact) mass is 571 g/mol. The van der Waals surface area contributed by atoms with E-state index in [0.717, 1.165) is 34.2 Å². The van der Waals surface area contributed by atoms with Gasteiger partial charge in [-0.2, -0.15) is 0 Å². The summed E-state index contributed by atoms with van der Waals surface area (Å²) in [6.45, 7) is 3.62. The minimum absolute atomic E-state index is 0.0253. The van der Waals surface area contributed by atoms with Crippen molar-refractivity contribution in [1.29, 1.82) is 0 Å². The fourth-order valence-electron chi connectivity index (χ4n) is 5.27. The maximum Gasteiger partial charge on any atom is 0.308 e. The summed E-state index contributed by atoms with van der Waals surface area (Å²) in [5.41, 5.74) is 3.60. The zero-order valence-electron chi connectivity index (χ0n) is 21.7. The predicted molar refractivity (Wildman–Crippen MR) is 155 cm³/mol. The normalized spacial score (nSPS) is 19.9. The Balaban J connectivity index is 1.41. The minimum atomic E-state index is -0.827. The molecule has 202 valence electrons. The molecule has 2 N–H and O–H groups in total. The molecule has 2 aliphatic heterocycles. The third kappa shape index (κ3) is 4.43. The molecule has 1 fully saturated rings. The van der Waals surface area contributed by atoms with E-state index in [1.807, 2.05) is 38.1 Å². The summed E-state index contributed by atoms with van der Waals surface area (Å²) in [7, 11) is 0. The van der Waals surface area contributed by atoms with Crippen LogP contribution in [0.3, 0.4) is 0 Å². The Hall–Kier alpha value is -4.15. The van der Waals surface area contributed by atoms with Gasteiger partial charge in [-0.15, -0.1) is 0 Å². The molecule has 3 aromatic carbocycles. The lowest BCUT2D eigenvalue weighted by Crippen LogP contribution is -2.33. The Morgan fingerprint density at radius 1 is 0.900 bits per heavy atom. The van der Waals surface area contributed by atoms with E-state index < -0.39 is 17.1 Å². The lowest BCUT2D eigenvalue weighted by Gasteiger charge is -2.31. The number of thioether (sulfide) groups is 1. The number of hydrogen-bond donors (Lipinski definition) is 2. The molecule has 2 aliphatic rings. The highest BCUT2D eigenvalue weighted by Gasteiger charge is 2.57. The van der Waals surface area contributed by atoms with Gasteiger partial charge in [-0.3, -0.25) is 23.7 Å². The van der Waals surface area contributed by atoms with Crippen molar-refractivity contribution in [2.75, 3.05) is 10.2 Å². The SMILES string of the molecule is Cc1ccc(NC(=O)Cn2c3c(sc2=O)[C@@H](c2ccccc2O)[C@H]2C(=O)N(c4ccc(C)cc4)C(=O)[C@H]2S3)cc1. The number of aryl methyl sites for hydroxylation is 2. The lowest BCUT2D eigenvalue weighted by atomic mass is 9.82. The van der Waals surface area contributed by atoms with Gasteiger partial charge in [0.05, 0.1) is 16.6 Å². The van der Waals surface area contributed by atoms with Crippen molar-refractivity contribution in [3.63, 3.8) is 0 Å². The van der Waals surface area contributed by atoms with E-state index >= 15 is 0 Å². The number of phenols is 1. The lowest BCUT2D eigenvalue weighted by molar-refractivity contribution is -0.122. The number of hydrogen-bond acceptors (Lipinski definition) is 7. The number of benzene rings is 3. The van der Waals surface area contributed by atoms with Crippen LogP contribution in [0.15, 0.2) is 82.6 Å². The zero-order chi connectivity index (χ0) is 28.1. The van der Waals surface area contributed by atoms with Crippen molar-refractivity contribution >= 4 is 52.2 Å². The number of amides is 3. The molecular weight excluding hydrogens is 546 g/mol. The molecule has 40 heavy (non-hydrogen) atoms. The van der Waals surface area contributed by atoms with Crippen molar-refractivity contribution in [2.45, 2.75) is 36.6 Å². The van der Waals surface area contributed by atoms with Gasteiger partial charge >= 0.3 is 4.87 Å². The molecule has 3 heterocycles. The molecule has 3 atom stereocenters. The Morgan fingerprint density at radius 3 is 2.23 bits per heavy atom. The number of rotatable bonds is 5. The molecule has 3 amide bonds. The van der Waals surface area contributed by atoms with Crippen molar-refractivity contribution in [1.82, 2.24) is 4.57 Å². The molecular formula is C30H25N3O5S2. The van der Waals surface area contributed by atoms with E-state index in [9.17, 15) is 24.3 Å². The number of thiazole rings is 1. The second-order valence-electron chi connectivity index (χ2n) is 9.99. The number of para-hydroxylation sites is 1. The van der Waals surface area contributed by atoms with Crippen LogP contribution in [0.2, 0.25) is 0 Å². The van der Waals surface area contributed by atoms with Crippen LogP contribution in [0.25, 0.3) is 0 Å². The summed E-state index contributed by atoms with van der Waals surface area (Å²) in [5, 5.41) is 13.3. The van der Waals surface area contributed by atoms with Crippen LogP contribution < -0.4 is 15.1 Å². The van der Waals surface area contributed by atoms with Crippen LogP contribution in [-0.4, -0.2) is 32.6 Å². The van der Waals surface area contributed by atoms with Gasteiger partial charge in [0.25, 0.3) is 0 Å². The maximum absolute atomic E-state index is 13.9. The first-order chi connectivity index (χ1) is 19.2. The van der Waals surface area contributed by atoms with Crippen LogP contribution in [0, 0.1) is 19.8 Å². The first-order valence-electron chi connectivity index (χ1n) is 12.7. The topological polar surface area (TPSA) is 109 Å². The van der Waals surface area contributed by atoms with Gasteiger partial charge in [-0.05, 0) is 44.2 Å². The summed E-state index contributed by atoms with van der Waals surface area (Å²) < 4.78 is 1.36. The molecule has 0 saturated carbocycles. The number of carbonyl (C=O) groups excluding carboxylic acids is 3. The molecule has 6 rings (SSSR count). The first kappa shape index (κ1) is 26.1. The number of nitrogens with one attached hydrogen (secondary N) is 1. The third-order valence-electron chi connectivity index (χ3n) is 7.25. The van der Waals surface area contributed by atoms with Crippen LogP contribution in [0.1, 0.15) is 27.5 Å². The van der Waals surface area contributed by atoms with Gasteiger partial charge < -0.3 is 10.4 Å². The first-order valence-corrected chi connectivity index (χ1v) is 14.4. The summed E-state index contributed by atoms with van der Waals surface area (Å²) in [6.07, 6.45) is 0. The van der Waals surface area contributed by atoms with Crippen molar-refractivity contribution < 1.29 is 19.5 Å². The number of aromatic hydroxyl groups is 1. The smallest absolute Gasteiger partial charge is 0.308 e. The molecule has 0 spiro atoms. The fourth-order valence-corrected chi connectivity index (χ4v) is 8.03. The summed E-state index contributed by atoms with van der Waals surface area (Å²) in [5.74, 6) is -2.73. The summed E-state index contributed by atoms with van der Waals surface area (Å²) in [6, 6.07) is 21.2. The Bertz CT molecular complexity index is 1710. The summed E-state index contributed by atoms with van der Waals surface area (Å²) >= 11 is 2.09. The Morgan fingerprint density at radius 2 is 1.55 bits per heavy atom. The number of carbonyl (C=O) groups is 3. The van der Waals surface area contributed by atoms with Crippen molar-refractivity contribution in [3.05, 3.63) is 104 Å². The molecule has 4 aromatic rings. The maximum atomic E-state index is 13.9. The van der Waals surface area contributed by atoms with Crippen molar-refractivity contribution in [2.24, 2.45) is 5.92 Å². The van der Waals surface area contributed by atoms with Gasteiger partial charge in [0.2, 0.25) is 17.7 Å². The van der Waals surface area contributed by atoms with E-state index in [-0.39, 0.29) is 34.9 Å². The van der Waals surface area contributed by atoms with E-state index in [0.29, 0.717) is 26.8 Å². The zero-order valence-corrected chi connectivity index (χ0v) is 23.3. The van der Waals surface area contributed by atoms with Crippen LogP contribution in [-0.2, 0) is 20.9 Å². The minimum Gasteiger partial charge on any atom is -0.508 e. The van der Waals surface area contributed by atoms with E-state index in [1.165, 1.54) is 15.5 Å². The fraction of sp³-hybridized carbons (Fsp3) is 0.200. The molecule has 1 saturated heterocycles. The number of fused-ring (bicyclic) bond motifs is 2. The molecule has 1 aromatic heterocycles. The number of phenolic OH excluding ortho intramolecular Hbond substituents is 1. The molecule has 0 bridgehead atoms. The number of aromatic nitrogens is 1. The number of imide groups is 1. The van der Waals surface area contributed by atoms with Gasteiger partial charge in [0.1, 0.15) is 17.5 Å². The molecule has 10 heteroatoms. The van der Waals surface area contributed by atoms with Crippen LogP contribution in [0.5, 0.6) is 5.75 Å². The van der Waals surface area contributed by atoms with Gasteiger partial charge in [0.15, 0.2) is 0 Å². The van der Waals surface area contributed by atoms with Crippen molar-refractivity contribution in [3.8, 4) is 5.75 Å². The number of nitrogens with zero attached hydrogens (tertiary/aromatic N) is 2. The standard InChI is InChI=1S/C30H25N3O5S2/c1-16-7-11-18(12-8-16)31-22(35)15-32-29-26(40-30(32)38)23(20-5-3-4-6-21(20)34)24-25(39-29)28(37)33(27(24)36)19-13-9-17(2)10-14-19/h3-14,23-25,34H,15H2,1-2H3,(H,31,35)/t23-,24+,25-/m0/s1. The largest absolute Gasteiger partial charge is 0.508 e.